The molecule has 0 N–H and O–H groups in total. The van der Waals surface area contributed by atoms with Crippen molar-refractivity contribution in [1.82, 2.24) is 4.90 Å². The van der Waals surface area contributed by atoms with Crippen molar-refractivity contribution in [2.75, 3.05) is 13.1 Å². The van der Waals surface area contributed by atoms with Crippen LogP contribution in [-0.4, -0.2) is 24.0 Å². The van der Waals surface area contributed by atoms with E-state index in [1.54, 1.807) is 0 Å². The summed E-state index contributed by atoms with van der Waals surface area (Å²) in [5, 5.41) is 9.05. The molecule has 0 aromatic heterocycles. The maximum absolute atomic E-state index is 9.05. The van der Waals surface area contributed by atoms with E-state index in [2.05, 4.69) is 11.0 Å². The van der Waals surface area contributed by atoms with Crippen molar-refractivity contribution >= 4 is 0 Å². The fraction of sp³-hybridized carbons (Fsp3) is 0.923. The molecule has 2 bridgehead atoms. The van der Waals surface area contributed by atoms with E-state index in [4.69, 9.17) is 5.26 Å². The van der Waals surface area contributed by atoms with Gasteiger partial charge in [0.25, 0.3) is 0 Å². The van der Waals surface area contributed by atoms with Crippen LogP contribution in [0.25, 0.3) is 0 Å². The van der Waals surface area contributed by atoms with Gasteiger partial charge >= 0.3 is 0 Å². The van der Waals surface area contributed by atoms with Crippen molar-refractivity contribution in [2.24, 2.45) is 17.8 Å². The summed E-state index contributed by atoms with van der Waals surface area (Å²) in [6.45, 7) is 2.39. The highest BCUT2D eigenvalue weighted by atomic mass is 15.2. The van der Waals surface area contributed by atoms with Crippen molar-refractivity contribution < 1.29 is 0 Å². The fourth-order valence-electron chi connectivity index (χ4n) is 4.09. The van der Waals surface area contributed by atoms with E-state index in [9.17, 15) is 0 Å². The molecule has 4 unspecified atom stereocenters. The molecule has 15 heavy (non-hydrogen) atoms. The van der Waals surface area contributed by atoms with Crippen LogP contribution in [0.2, 0.25) is 0 Å². The van der Waals surface area contributed by atoms with Gasteiger partial charge in [-0.1, -0.05) is 6.42 Å². The van der Waals surface area contributed by atoms with Gasteiger partial charge in [-0.3, -0.25) is 4.90 Å². The van der Waals surface area contributed by atoms with Crippen LogP contribution in [0.4, 0.5) is 0 Å². The van der Waals surface area contributed by atoms with Crippen LogP contribution in [0.1, 0.15) is 38.5 Å². The maximum Gasteiger partial charge on any atom is 0.0978 e. The molecule has 1 heterocycles. The zero-order valence-corrected chi connectivity index (χ0v) is 9.36. The van der Waals surface area contributed by atoms with Gasteiger partial charge in [0.05, 0.1) is 12.1 Å². The molecule has 2 heteroatoms. The van der Waals surface area contributed by atoms with Gasteiger partial charge in [-0.15, -0.1) is 0 Å². The number of fused-ring (bicyclic) bond motifs is 2. The third kappa shape index (κ3) is 1.67. The molecule has 2 aliphatic carbocycles. The average Bonchev–Trinajstić information content (AvgIpc) is 2.92. The van der Waals surface area contributed by atoms with E-state index in [1.807, 2.05) is 0 Å². The van der Waals surface area contributed by atoms with Crippen molar-refractivity contribution in [2.45, 2.75) is 44.6 Å². The molecule has 2 nitrogen and oxygen atoms in total. The van der Waals surface area contributed by atoms with E-state index in [1.165, 1.54) is 45.2 Å². The molecule has 0 radical (unpaired) electrons. The first-order chi connectivity index (χ1) is 7.36. The highest BCUT2D eigenvalue weighted by Gasteiger charge is 2.41. The average molecular weight is 204 g/mol. The van der Waals surface area contributed by atoms with E-state index in [-0.39, 0.29) is 6.04 Å². The van der Waals surface area contributed by atoms with Crippen LogP contribution in [-0.2, 0) is 0 Å². The van der Waals surface area contributed by atoms with Crippen LogP contribution in [0, 0.1) is 29.1 Å². The Bertz CT molecular complexity index is 281. The largest absolute Gasteiger partial charge is 0.288 e. The number of nitriles is 1. The monoisotopic (exact) mass is 204 g/mol. The molecule has 3 rings (SSSR count). The quantitative estimate of drug-likeness (QED) is 0.690. The van der Waals surface area contributed by atoms with Crippen LogP contribution in [0.5, 0.6) is 0 Å². The van der Waals surface area contributed by atoms with E-state index >= 15 is 0 Å². The van der Waals surface area contributed by atoms with Crippen molar-refractivity contribution in [3.63, 3.8) is 0 Å². The van der Waals surface area contributed by atoms with Gasteiger partial charge in [0.15, 0.2) is 0 Å². The van der Waals surface area contributed by atoms with Crippen molar-refractivity contribution in [3.05, 3.63) is 0 Å². The summed E-state index contributed by atoms with van der Waals surface area (Å²) in [4.78, 5) is 2.45. The Hall–Kier alpha value is -0.550. The second-order valence-corrected chi connectivity index (χ2v) is 5.72. The second-order valence-electron chi connectivity index (χ2n) is 5.72. The summed E-state index contributed by atoms with van der Waals surface area (Å²) in [5.41, 5.74) is 0. The second kappa shape index (κ2) is 3.79. The first-order valence-electron chi connectivity index (χ1n) is 6.50. The zero-order chi connectivity index (χ0) is 10.3. The summed E-state index contributed by atoms with van der Waals surface area (Å²) >= 11 is 0. The van der Waals surface area contributed by atoms with Crippen LogP contribution in [0.15, 0.2) is 0 Å². The van der Waals surface area contributed by atoms with Crippen molar-refractivity contribution in [1.29, 1.82) is 5.26 Å². The molecule has 3 aliphatic rings. The zero-order valence-electron chi connectivity index (χ0n) is 9.36. The Morgan fingerprint density at radius 3 is 2.80 bits per heavy atom. The Kier molecular flexibility index (Phi) is 2.44. The highest BCUT2D eigenvalue weighted by Crippen LogP contribution is 2.48. The van der Waals surface area contributed by atoms with Crippen molar-refractivity contribution in [3.8, 4) is 6.07 Å². The Balaban J connectivity index is 1.59. The SMILES string of the molecule is N#CC1CCCN1CC1CC2CCC1C2. The lowest BCUT2D eigenvalue weighted by atomic mass is 9.88. The third-order valence-electron chi connectivity index (χ3n) is 4.87. The van der Waals surface area contributed by atoms with E-state index < -0.39 is 0 Å². The predicted octanol–water partition coefficient (Wildman–Crippen LogP) is 2.41. The van der Waals surface area contributed by atoms with Gasteiger partial charge in [0.2, 0.25) is 0 Å². The van der Waals surface area contributed by atoms with Crippen LogP contribution in [0.3, 0.4) is 0 Å². The normalized spacial score (nSPS) is 44.7. The van der Waals surface area contributed by atoms with Gasteiger partial charge in [-0.05, 0) is 56.4 Å². The first-order valence-corrected chi connectivity index (χ1v) is 6.50. The van der Waals surface area contributed by atoms with Crippen LogP contribution < -0.4 is 0 Å². The summed E-state index contributed by atoms with van der Waals surface area (Å²) in [6.07, 6.45) is 8.26. The third-order valence-corrected chi connectivity index (χ3v) is 4.87. The molecule has 1 aliphatic heterocycles. The highest BCUT2D eigenvalue weighted by molar-refractivity contribution is 4.98. The molecule has 1 saturated heterocycles. The smallest absolute Gasteiger partial charge is 0.0978 e. The van der Waals surface area contributed by atoms with Gasteiger partial charge in [0, 0.05) is 6.54 Å². The van der Waals surface area contributed by atoms with E-state index in [0.29, 0.717) is 0 Å². The Morgan fingerprint density at radius 2 is 2.13 bits per heavy atom. The lowest BCUT2D eigenvalue weighted by Crippen LogP contribution is -2.34. The number of rotatable bonds is 2. The summed E-state index contributed by atoms with van der Waals surface area (Å²) in [5.74, 6) is 2.98. The molecule has 0 aromatic rings. The van der Waals surface area contributed by atoms with Gasteiger partial charge in [-0.25, -0.2) is 0 Å². The molecule has 0 aromatic carbocycles. The number of hydrogen-bond donors (Lipinski definition) is 0. The van der Waals surface area contributed by atoms with Gasteiger partial charge in [0.1, 0.15) is 0 Å². The van der Waals surface area contributed by atoms with Crippen LogP contribution >= 0.6 is 0 Å². The molecular weight excluding hydrogens is 184 g/mol. The minimum absolute atomic E-state index is 0.240. The molecule has 3 fully saturated rings. The minimum Gasteiger partial charge on any atom is -0.288 e. The molecule has 0 spiro atoms. The number of hydrogen-bond acceptors (Lipinski definition) is 2. The number of likely N-dealkylation sites (tertiary alicyclic amines) is 1. The Morgan fingerprint density at radius 1 is 1.20 bits per heavy atom. The summed E-state index contributed by atoms with van der Waals surface area (Å²) < 4.78 is 0. The molecular formula is C13H20N2. The topological polar surface area (TPSA) is 27.0 Å². The standard InChI is InChI=1S/C13H20N2/c14-8-13-2-1-5-15(13)9-12-7-10-3-4-11(12)6-10/h10-13H,1-7,9H2. The van der Waals surface area contributed by atoms with E-state index in [0.717, 1.165) is 24.2 Å². The van der Waals surface area contributed by atoms with Gasteiger partial charge in [-0.2, -0.15) is 5.26 Å². The first kappa shape index (κ1) is 9.66. The number of nitrogens with zero attached hydrogens (tertiary/aromatic N) is 2. The molecule has 2 saturated carbocycles. The molecule has 4 atom stereocenters. The lowest BCUT2D eigenvalue weighted by Gasteiger charge is -2.28. The molecule has 0 amide bonds. The minimum atomic E-state index is 0.240. The Labute approximate surface area is 92.3 Å². The summed E-state index contributed by atoms with van der Waals surface area (Å²) in [7, 11) is 0. The summed E-state index contributed by atoms with van der Waals surface area (Å²) in [6, 6.07) is 2.70. The molecule has 82 valence electrons. The van der Waals surface area contributed by atoms with Gasteiger partial charge < -0.3 is 0 Å². The lowest BCUT2D eigenvalue weighted by molar-refractivity contribution is 0.199. The predicted molar refractivity (Wildman–Crippen MR) is 59.1 cm³/mol. The maximum atomic E-state index is 9.05. The fourth-order valence-corrected chi connectivity index (χ4v) is 4.09.